The van der Waals surface area contributed by atoms with Crippen molar-refractivity contribution in [3.63, 3.8) is 0 Å². The minimum Gasteiger partial charge on any atom is -0.619 e. The van der Waals surface area contributed by atoms with Crippen LogP contribution in [0.25, 0.3) is 5.82 Å². The minimum atomic E-state index is -0.406. The molecule has 2 aromatic heterocycles. The quantitative estimate of drug-likeness (QED) is 0.592. The van der Waals surface area contributed by atoms with E-state index in [0.717, 1.165) is 24.1 Å². The number of amides is 1. The van der Waals surface area contributed by atoms with Crippen LogP contribution in [0.5, 0.6) is 0 Å². The number of aliphatic hydroxyl groups excluding tert-OH is 1. The molecular formula is C19H25N5O4. The number of carbonyl (C=O) groups is 1. The molecular weight excluding hydrogens is 362 g/mol. The molecule has 0 aliphatic carbocycles. The topological polar surface area (TPSA) is 116 Å². The molecule has 9 heteroatoms. The number of nitrogens with one attached hydrogen (secondary N) is 1. The number of aliphatic hydroxyl groups is 1. The third-order valence-corrected chi connectivity index (χ3v) is 5.50. The Bertz CT molecular complexity index is 904. The molecule has 3 atom stereocenters. The molecule has 28 heavy (non-hydrogen) atoms. The van der Waals surface area contributed by atoms with Crippen molar-refractivity contribution in [1.82, 2.24) is 20.1 Å². The Hall–Kier alpha value is -2.52. The van der Waals surface area contributed by atoms with E-state index in [-0.39, 0.29) is 30.1 Å². The van der Waals surface area contributed by atoms with Gasteiger partial charge >= 0.3 is 0 Å². The second-order valence-electron chi connectivity index (χ2n) is 8.50. The summed E-state index contributed by atoms with van der Waals surface area (Å²) in [5.74, 6) is 0.00693. The molecule has 2 bridgehead atoms. The molecule has 4 heterocycles. The van der Waals surface area contributed by atoms with Crippen LogP contribution in [0.1, 0.15) is 61.5 Å². The average Bonchev–Trinajstić information content (AvgIpc) is 3.21. The van der Waals surface area contributed by atoms with Gasteiger partial charge < -0.3 is 20.4 Å². The summed E-state index contributed by atoms with van der Waals surface area (Å²) < 4.78 is 8.22. The molecule has 1 saturated heterocycles. The van der Waals surface area contributed by atoms with Crippen molar-refractivity contribution in [2.24, 2.45) is 5.41 Å². The third kappa shape index (κ3) is 3.24. The number of hydrogen-bond donors (Lipinski definition) is 2. The Kier molecular flexibility index (Phi) is 4.59. The Morgan fingerprint density at radius 2 is 2.29 bits per heavy atom. The van der Waals surface area contributed by atoms with Crippen molar-refractivity contribution in [2.75, 3.05) is 6.61 Å². The SMILES string of the molecule is CC(C)(C)[C@@H](CO)NC(=O)c1nn(-c2c[n+]([O-])ccn2)c2c1C[C@@H]1CC[C@H]2O1. The smallest absolute Gasteiger partial charge is 0.272 e. The predicted octanol–water partition coefficient (Wildman–Crippen LogP) is 0.814. The van der Waals surface area contributed by atoms with E-state index < -0.39 is 6.04 Å². The van der Waals surface area contributed by atoms with Crippen molar-refractivity contribution >= 4 is 5.91 Å². The zero-order valence-corrected chi connectivity index (χ0v) is 16.3. The summed E-state index contributed by atoms with van der Waals surface area (Å²) in [6, 6.07) is -0.406. The summed E-state index contributed by atoms with van der Waals surface area (Å²) in [5.41, 5.74) is 1.63. The second kappa shape index (κ2) is 6.82. The van der Waals surface area contributed by atoms with Crippen molar-refractivity contribution in [2.45, 2.75) is 58.3 Å². The van der Waals surface area contributed by atoms with E-state index in [1.807, 2.05) is 20.8 Å². The van der Waals surface area contributed by atoms with Crippen molar-refractivity contribution in [3.05, 3.63) is 40.7 Å². The van der Waals surface area contributed by atoms with E-state index >= 15 is 0 Å². The number of aromatic nitrogens is 4. The van der Waals surface area contributed by atoms with Crippen LogP contribution in [0.4, 0.5) is 0 Å². The predicted molar refractivity (Wildman–Crippen MR) is 98.7 cm³/mol. The Morgan fingerprint density at radius 1 is 1.50 bits per heavy atom. The molecule has 2 aliphatic rings. The van der Waals surface area contributed by atoms with Crippen LogP contribution in [0, 0.1) is 10.6 Å². The Morgan fingerprint density at radius 3 is 2.96 bits per heavy atom. The van der Waals surface area contributed by atoms with E-state index in [1.165, 1.54) is 18.6 Å². The van der Waals surface area contributed by atoms with Gasteiger partial charge in [0.15, 0.2) is 11.9 Å². The summed E-state index contributed by atoms with van der Waals surface area (Å²) in [7, 11) is 0. The van der Waals surface area contributed by atoms with Crippen LogP contribution in [-0.4, -0.2) is 44.5 Å². The summed E-state index contributed by atoms with van der Waals surface area (Å²) in [6.07, 6.45) is 6.29. The first-order valence-corrected chi connectivity index (χ1v) is 9.52. The summed E-state index contributed by atoms with van der Waals surface area (Å²) in [5, 5.41) is 28.8. The monoisotopic (exact) mass is 387 g/mol. The Balaban J connectivity index is 1.77. The van der Waals surface area contributed by atoms with E-state index in [1.54, 1.807) is 4.68 Å². The standard InChI is InChI=1S/C19H25N5O4/c1-19(2,3)14(10-25)21-18(26)16-12-8-11-4-5-13(28-11)17(12)24(22-16)15-9-23(27)7-6-20-15/h6-7,9,11,13-14,25H,4-5,8,10H2,1-3H3,(H,21,26)/t11-,13+,14+/m0/s1. The van der Waals surface area contributed by atoms with Gasteiger partial charge in [-0.3, -0.25) is 4.79 Å². The van der Waals surface area contributed by atoms with Gasteiger partial charge in [-0.25, -0.2) is 9.67 Å². The fourth-order valence-electron chi connectivity index (χ4n) is 3.87. The number of rotatable bonds is 4. The molecule has 2 aliphatic heterocycles. The first-order valence-electron chi connectivity index (χ1n) is 9.52. The second-order valence-corrected chi connectivity index (χ2v) is 8.50. The summed E-state index contributed by atoms with van der Waals surface area (Å²) in [4.78, 5) is 17.3. The molecule has 0 spiro atoms. The molecule has 0 radical (unpaired) electrons. The van der Waals surface area contributed by atoms with Crippen LogP contribution >= 0.6 is 0 Å². The lowest BCUT2D eigenvalue weighted by atomic mass is 9.87. The van der Waals surface area contributed by atoms with Crippen molar-refractivity contribution in [1.29, 1.82) is 0 Å². The number of carbonyl (C=O) groups excluding carboxylic acids is 1. The maximum atomic E-state index is 13.1. The lowest BCUT2D eigenvalue weighted by molar-refractivity contribution is -0.605. The highest BCUT2D eigenvalue weighted by Gasteiger charge is 2.41. The normalized spacial score (nSPS) is 22.0. The summed E-state index contributed by atoms with van der Waals surface area (Å²) in [6.45, 7) is 5.70. The molecule has 0 saturated carbocycles. The van der Waals surface area contributed by atoms with Gasteiger partial charge in [-0.2, -0.15) is 9.83 Å². The van der Waals surface area contributed by atoms with Gasteiger partial charge in [0.1, 0.15) is 6.10 Å². The third-order valence-electron chi connectivity index (χ3n) is 5.50. The molecule has 1 fully saturated rings. The largest absolute Gasteiger partial charge is 0.619 e. The first kappa shape index (κ1) is 18.8. The molecule has 1 amide bonds. The van der Waals surface area contributed by atoms with E-state index in [9.17, 15) is 15.1 Å². The highest BCUT2D eigenvalue weighted by molar-refractivity contribution is 5.94. The van der Waals surface area contributed by atoms with Crippen LogP contribution < -0.4 is 10.0 Å². The molecule has 2 aromatic rings. The molecule has 9 nitrogen and oxygen atoms in total. The fraction of sp³-hybridized carbons (Fsp3) is 0.579. The maximum Gasteiger partial charge on any atom is 0.272 e. The van der Waals surface area contributed by atoms with Crippen LogP contribution in [0.3, 0.4) is 0 Å². The highest BCUT2D eigenvalue weighted by Crippen LogP contribution is 2.42. The highest BCUT2D eigenvalue weighted by atomic mass is 16.5. The molecule has 150 valence electrons. The van der Waals surface area contributed by atoms with Crippen LogP contribution in [0.15, 0.2) is 18.6 Å². The number of nitrogens with zero attached hydrogens (tertiary/aromatic N) is 4. The zero-order chi connectivity index (χ0) is 20.1. The molecule has 2 N–H and O–H groups in total. The average molecular weight is 387 g/mol. The van der Waals surface area contributed by atoms with Crippen molar-refractivity contribution in [3.8, 4) is 5.82 Å². The number of ether oxygens (including phenoxy) is 1. The molecule has 4 rings (SSSR count). The van der Waals surface area contributed by atoms with Crippen molar-refractivity contribution < 1.29 is 19.4 Å². The van der Waals surface area contributed by atoms with Gasteiger partial charge in [0.25, 0.3) is 5.91 Å². The van der Waals surface area contributed by atoms with Gasteiger partial charge in [0.2, 0.25) is 12.0 Å². The van der Waals surface area contributed by atoms with E-state index in [2.05, 4.69) is 15.4 Å². The van der Waals surface area contributed by atoms with Crippen LogP contribution in [0.2, 0.25) is 0 Å². The maximum absolute atomic E-state index is 13.1. The van der Waals surface area contributed by atoms with Gasteiger partial charge in [-0.1, -0.05) is 20.8 Å². The van der Waals surface area contributed by atoms with Crippen LogP contribution in [-0.2, 0) is 11.2 Å². The minimum absolute atomic E-state index is 0.0751. The Labute approximate surface area is 162 Å². The lowest BCUT2D eigenvalue weighted by Crippen LogP contribution is -2.46. The van der Waals surface area contributed by atoms with Gasteiger partial charge in [-0.15, -0.1) is 0 Å². The van der Waals surface area contributed by atoms with E-state index in [0.29, 0.717) is 22.7 Å². The molecule has 0 aromatic carbocycles. The molecule has 0 unspecified atom stereocenters. The van der Waals surface area contributed by atoms with Gasteiger partial charge in [-0.05, 0) is 18.3 Å². The lowest BCUT2D eigenvalue weighted by Gasteiger charge is -2.29. The van der Waals surface area contributed by atoms with Gasteiger partial charge in [0.05, 0.1) is 30.6 Å². The first-order chi connectivity index (χ1) is 13.3. The van der Waals surface area contributed by atoms with E-state index in [4.69, 9.17) is 4.74 Å². The van der Waals surface area contributed by atoms with Gasteiger partial charge in [0, 0.05) is 12.0 Å². The fourth-order valence-corrected chi connectivity index (χ4v) is 3.87. The zero-order valence-electron chi connectivity index (χ0n) is 16.3. The number of fused-ring (bicyclic) bond motifs is 4. The number of hydrogen-bond acceptors (Lipinski definition) is 6. The summed E-state index contributed by atoms with van der Waals surface area (Å²) >= 11 is 0.